The molecular weight excluding hydrogens is 256 g/mol. The van der Waals surface area contributed by atoms with Crippen LogP contribution >= 0.6 is 0 Å². The van der Waals surface area contributed by atoms with Crippen LogP contribution in [0.2, 0.25) is 0 Å². The van der Waals surface area contributed by atoms with Crippen molar-refractivity contribution >= 4 is 15.7 Å². The molecule has 1 aromatic carbocycles. The maximum Gasteiger partial charge on any atom is 0.240 e. The van der Waals surface area contributed by atoms with Gasteiger partial charge in [0.25, 0.3) is 0 Å². The van der Waals surface area contributed by atoms with Gasteiger partial charge >= 0.3 is 0 Å². The minimum atomic E-state index is -3.56. The van der Waals surface area contributed by atoms with Gasteiger partial charge in [-0.2, -0.15) is 0 Å². The number of aliphatic hydroxyl groups is 1. The lowest BCUT2D eigenvalue weighted by Gasteiger charge is -2.09. The van der Waals surface area contributed by atoms with Gasteiger partial charge in [-0.15, -0.1) is 0 Å². The van der Waals surface area contributed by atoms with Crippen molar-refractivity contribution in [3.05, 3.63) is 18.2 Å². The summed E-state index contributed by atoms with van der Waals surface area (Å²) < 4.78 is 31.2. The van der Waals surface area contributed by atoms with Gasteiger partial charge < -0.3 is 15.6 Å². The first-order valence-electron chi connectivity index (χ1n) is 5.55. The summed E-state index contributed by atoms with van der Waals surface area (Å²) in [5.41, 5.74) is 5.93. The number of anilines is 1. The molecule has 0 saturated carbocycles. The summed E-state index contributed by atoms with van der Waals surface area (Å²) in [5.74, 6) is 0.439. The molecule has 0 unspecified atom stereocenters. The number of aliphatic hydroxyl groups excluding tert-OH is 1. The molecule has 18 heavy (non-hydrogen) atoms. The number of methoxy groups -OCH3 is 1. The lowest BCUT2D eigenvalue weighted by atomic mass is 10.3. The Bertz CT molecular complexity index is 488. The number of nitrogen functional groups attached to an aromatic ring is 1. The van der Waals surface area contributed by atoms with Gasteiger partial charge in [0.05, 0.1) is 17.7 Å². The van der Waals surface area contributed by atoms with E-state index in [1.165, 1.54) is 25.3 Å². The maximum absolute atomic E-state index is 11.9. The molecule has 0 atom stereocenters. The van der Waals surface area contributed by atoms with E-state index in [1.807, 2.05) is 0 Å². The summed E-state index contributed by atoms with van der Waals surface area (Å²) in [6.07, 6.45) is 1.15. The second-order valence-corrected chi connectivity index (χ2v) is 5.50. The number of sulfonamides is 1. The highest BCUT2D eigenvalue weighted by Gasteiger charge is 2.14. The molecule has 0 radical (unpaired) electrons. The van der Waals surface area contributed by atoms with Crippen LogP contribution in [0.15, 0.2) is 23.1 Å². The Morgan fingerprint density at radius 1 is 1.39 bits per heavy atom. The molecule has 0 fully saturated rings. The monoisotopic (exact) mass is 274 g/mol. The van der Waals surface area contributed by atoms with Gasteiger partial charge in [-0.25, -0.2) is 13.1 Å². The van der Waals surface area contributed by atoms with Crippen LogP contribution in [0.25, 0.3) is 0 Å². The van der Waals surface area contributed by atoms with Gasteiger partial charge in [0.15, 0.2) is 0 Å². The van der Waals surface area contributed by atoms with Gasteiger partial charge in [-0.3, -0.25) is 0 Å². The molecule has 1 rings (SSSR count). The number of nitrogens with two attached hydrogens (primary N) is 1. The number of unbranched alkanes of at least 4 members (excludes halogenated alkanes) is 1. The second-order valence-electron chi connectivity index (χ2n) is 3.73. The lowest BCUT2D eigenvalue weighted by molar-refractivity contribution is 0.285. The zero-order valence-electron chi connectivity index (χ0n) is 10.2. The summed E-state index contributed by atoms with van der Waals surface area (Å²) in [5, 5.41) is 8.60. The summed E-state index contributed by atoms with van der Waals surface area (Å²) in [6.45, 7) is 0.339. The van der Waals surface area contributed by atoms with Gasteiger partial charge in [0, 0.05) is 13.2 Å². The van der Waals surface area contributed by atoms with Crippen molar-refractivity contribution in [1.29, 1.82) is 0 Å². The largest absolute Gasteiger partial charge is 0.495 e. The number of ether oxygens (including phenoxy) is 1. The van der Waals surface area contributed by atoms with Crippen molar-refractivity contribution in [1.82, 2.24) is 4.72 Å². The molecule has 0 spiro atoms. The minimum Gasteiger partial charge on any atom is -0.495 e. The van der Waals surface area contributed by atoms with E-state index in [0.29, 0.717) is 18.6 Å². The molecule has 102 valence electrons. The van der Waals surface area contributed by atoms with Crippen molar-refractivity contribution < 1.29 is 18.3 Å². The van der Waals surface area contributed by atoms with Crippen LogP contribution in [0.1, 0.15) is 12.8 Å². The van der Waals surface area contributed by atoms with Gasteiger partial charge in [0.1, 0.15) is 5.75 Å². The summed E-state index contributed by atoms with van der Waals surface area (Å²) in [6, 6.07) is 4.30. The molecule has 4 N–H and O–H groups in total. The summed E-state index contributed by atoms with van der Waals surface area (Å²) in [4.78, 5) is 0.102. The minimum absolute atomic E-state index is 0.0528. The molecule has 0 heterocycles. The average Bonchev–Trinajstić information content (AvgIpc) is 2.34. The Morgan fingerprint density at radius 3 is 2.67 bits per heavy atom. The maximum atomic E-state index is 11.9. The molecule has 0 aliphatic carbocycles. The molecule has 0 aliphatic rings. The Labute approximate surface area is 107 Å². The number of rotatable bonds is 7. The molecule has 0 aliphatic heterocycles. The topological polar surface area (TPSA) is 102 Å². The predicted molar refractivity (Wildman–Crippen MR) is 68.9 cm³/mol. The van der Waals surface area contributed by atoms with Gasteiger partial charge in [0.2, 0.25) is 10.0 Å². The van der Waals surface area contributed by atoms with E-state index in [4.69, 9.17) is 15.6 Å². The van der Waals surface area contributed by atoms with E-state index >= 15 is 0 Å². The molecule has 6 nitrogen and oxygen atoms in total. The normalized spacial score (nSPS) is 11.4. The van der Waals surface area contributed by atoms with Gasteiger partial charge in [-0.05, 0) is 31.0 Å². The SMILES string of the molecule is COc1ccc(S(=O)(=O)NCCCCO)cc1N. The highest BCUT2D eigenvalue weighted by Crippen LogP contribution is 2.24. The first-order chi connectivity index (χ1) is 8.51. The van der Waals surface area contributed by atoms with Crippen molar-refractivity contribution in [3.63, 3.8) is 0 Å². The number of hydrogen-bond acceptors (Lipinski definition) is 5. The molecule has 0 aromatic heterocycles. The Morgan fingerprint density at radius 2 is 2.11 bits per heavy atom. The van der Waals surface area contributed by atoms with E-state index in [1.54, 1.807) is 0 Å². The zero-order chi connectivity index (χ0) is 13.6. The highest BCUT2D eigenvalue weighted by atomic mass is 32.2. The summed E-state index contributed by atoms with van der Waals surface area (Å²) >= 11 is 0. The molecule has 7 heteroatoms. The smallest absolute Gasteiger partial charge is 0.240 e. The van der Waals surface area contributed by atoms with E-state index in [2.05, 4.69) is 4.72 Å². The van der Waals surface area contributed by atoms with Crippen LogP contribution in [-0.2, 0) is 10.0 Å². The van der Waals surface area contributed by atoms with Gasteiger partial charge in [-0.1, -0.05) is 0 Å². The molecular formula is C11H18N2O4S. The fourth-order valence-electron chi connectivity index (χ4n) is 1.41. The third-order valence-corrected chi connectivity index (χ3v) is 3.85. The average molecular weight is 274 g/mol. The molecule has 0 bridgehead atoms. The number of benzene rings is 1. The van der Waals surface area contributed by atoms with Crippen LogP contribution in [0, 0.1) is 0 Å². The Kier molecular flexibility index (Phi) is 5.39. The summed E-state index contributed by atoms with van der Waals surface area (Å²) in [7, 11) is -2.09. The first-order valence-corrected chi connectivity index (χ1v) is 7.03. The van der Waals surface area contributed by atoms with Crippen LogP contribution in [0.3, 0.4) is 0 Å². The third kappa shape index (κ3) is 3.86. The Hall–Kier alpha value is -1.31. The number of hydrogen-bond donors (Lipinski definition) is 3. The third-order valence-electron chi connectivity index (χ3n) is 2.39. The standard InChI is InChI=1S/C11H18N2O4S/c1-17-11-5-4-9(8-10(11)12)18(15,16)13-6-2-3-7-14/h4-5,8,13-14H,2-3,6-7,12H2,1H3. The number of nitrogens with one attached hydrogen (secondary N) is 1. The van der Waals surface area contributed by atoms with Crippen molar-refractivity contribution in [2.75, 3.05) is 26.0 Å². The van der Waals surface area contributed by atoms with E-state index in [9.17, 15) is 8.42 Å². The van der Waals surface area contributed by atoms with E-state index in [0.717, 1.165) is 0 Å². The fourth-order valence-corrected chi connectivity index (χ4v) is 2.52. The second kappa shape index (κ2) is 6.58. The molecule has 1 aromatic rings. The zero-order valence-corrected chi connectivity index (χ0v) is 11.0. The van der Waals surface area contributed by atoms with Crippen LogP contribution in [0.4, 0.5) is 5.69 Å². The Balaban J connectivity index is 2.76. The van der Waals surface area contributed by atoms with Crippen molar-refractivity contribution in [2.24, 2.45) is 0 Å². The highest BCUT2D eigenvalue weighted by molar-refractivity contribution is 7.89. The van der Waals surface area contributed by atoms with Crippen LogP contribution < -0.4 is 15.2 Å². The fraction of sp³-hybridized carbons (Fsp3) is 0.455. The van der Waals surface area contributed by atoms with Crippen molar-refractivity contribution in [3.8, 4) is 5.75 Å². The predicted octanol–water partition coefficient (Wildman–Crippen LogP) is 0.328. The van der Waals surface area contributed by atoms with Crippen molar-refractivity contribution in [2.45, 2.75) is 17.7 Å². The van der Waals surface area contributed by atoms with Crippen LogP contribution in [0.5, 0.6) is 5.75 Å². The van der Waals surface area contributed by atoms with E-state index in [-0.39, 0.29) is 23.7 Å². The molecule has 0 amide bonds. The first kappa shape index (κ1) is 14.7. The van der Waals surface area contributed by atoms with E-state index < -0.39 is 10.0 Å². The van der Waals surface area contributed by atoms with Crippen LogP contribution in [-0.4, -0.2) is 33.8 Å². The lowest BCUT2D eigenvalue weighted by Crippen LogP contribution is -2.25. The quantitative estimate of drug-likeness (QED) is 0.491. The molecule has 0 saturated heterocycles.